The van der Waals surface area contributed by atoms with Crippen LogP contribution < -0.4 is 9.64 Å². The van der Waals surface area contributed by atoms with Gasteiger partial charge in [0.05, 0.1) is 0 Å². The van der Waals surface area contributed by atoms with E-state index in [-0.39, 0.29) is 21.7 Å². The second-order valence-electron chi connectivity index (χ2n) is 19.7. The summed E-state index contributed by atoms with van der Waals surface area (Å²) in [4.78, 5) is 2.58. The maximum absolute atomic E-state index is 6.88. The molecule has 1 aliphatic heterocycles. The first-order chi connectivity index (χ1) is 25.4. The number of rotatable bonds is 3. The maximum Gasteiger partial charge on any atom is 0.131 e. The fraction of sp³-hybridized carbons (Fsp3) is 0.412. The zero-order valence-electron chi connectivity index (χ0n) is 32.4. The molecule has 6 aliphatic carbocycles. The Morgan fingerprint density at radius 3 is 1.72 bits per heavy atom. The van der Waals surface area contributed by atoms with E-state index in [1.807, 2.05) is 0 Å². The van der Waals surface area contributed by atoms with Crippen molar-refractivity contribution in [3.05, 3.63) is 137 Å². The molecule has 0 N–H and O–H groups in total. The summed E-state index contributed by atoms with van der Waals surface area (Å²) >= 11 is 0. The average Bonchev–Trinajstić information content (AvgIpc) is 3.37. The topological polar surface area (TPSA) is 12.5 Å². The Balaban J connectivity index is 1.14. The van der Waals surface area contributed by atoms with Crippen molar-refractivity contribution < 1.29 is 4.74 Å². The van der Waals surface area contributed by atoms with Gasteiger partial charge in [0.2, 0.25) is 0 Å². The van der Waals surface area contributed by atoms with E-state index >= 15 is 0 Å². The third kappa shape index (κ3) is 4.33. The molecule has 4 bridgehead atoms. The Morgan fingerprint density at radius 1 is 0.472 bits per heavy atom. The Morgan fingerprint density at radius 2 is 1.00 bits per heavy atom. The molecule has 0 amide bonds. The number of nitrogens with zero attached hydrogens (tertiary/aromatic N) is 1. The van der Waals surface area contributed by atoms with Crippen LogP contribution in [0, 0.1) is 23.7 Å². The van der Waals surface area contributed by atoms with Crippen LogP contribution >= 0.6 is 0 Å². The first kappa shape index (κ1) is 32.2. The first-order valence-electron chi connectivity index (χ1n) is 20.6. The molecule has 0 unspecified atom stereocenters. The van der Waals surface area contributed by atoms with Gasteiger partial charge in [-0.15, -0.1) is 0 Å². The maximum atomic E-state index is 6.88. The molecule has 53 heavy (non-hydrogen) atoms. The zero-order chi connectivity index (χ0) is 36.1. The third-order valence-electron chi connectivity index (χ3n) is 15.6. The Bertz CT molecular complexity index is 2310. The van der Waals surface area contributed by atoms with Crippen molar-refractivity contribution in [2.24, 2.45) is 23.7 Å². The molecular formula is C51H53NO. The average molecular weight is 696 g/mol. The molecule has 1 spiro atoms. The molecule has 5 aromatic rings. The van der Waals surface area contributed by atoms with Gasteiger partial charge in [0.15, 0.2) is 0 Å². The van der Waals surface area contributed by atoms with Crippen LogP contribution in [0.1, 0.15) is 120 Å². The number of fused-ring (bicyclic) bond motifs is 6. The summed E-state index contributed by atoms with van der Waals surface area (Å²) in [6.45, 7) is 14.5. The minimum Gasteiger partial charge on any atom is -0.457 e. The Kier molecular flexibility index (Phi) is 6.48. The SMILES string of the molecule is CC1(C)CCC(C)(C)c2cc(N(c3ccc4c(c3)-c3ccccc3C4(C)C)c3ccc4c(c3)C3(c5ccccc5O4)C4CC5CC(C4)CC3C5)ccc21. The zero-order valence-corrected chi connectivity index (χ0v) is 32.4. The van der Waals surface area contributed by atoms with Gasteiger partial charge >= 0.3 is 0 Å². The predicted molar refractivity (Wildman–Crippen MR) is 218 cm³/mol. The predicted octanol–water partition coefficient (Wildman–Crippen LogP) is 13.7. The van der Waals surface area contributed by atoms with Crippen LogP contribution in [0.5, 0.6) is 11.5 Å². The molecule has 4 saturated carbocycles. The van der Waals surface area contributed by atoms with E-state index in [1.54, 1.807) is 0 Å². The lowest BCUT2D eigenvalue weighted by atomic mass is 9.42. The molecule has 1 heterocycles. The van der Waals surface area contributed by atoms with Crippen LogP contribution in [-0.2, 0) is 21.7 Å². The monoisotopic (exact) mass is 695 g/mol. The summed E-state index contributed by atoms with van der Waals surface area (Å²) in [7, 11) is 0. The van der Waals surface area contributed by atoms with Crippen molar-refractivity contribution in [3.8, 4) is 22.6 Å². The van der Waals surface area contributed by atoms with E-state index in [1.165, 1.54) is 107 Å². The highest BCUT2D eigenvalue weighted by molar-refractivity contribution is 5.87. The van der Waals surface area contributed by atoms with Crippen molar-refractivity contribution in [1.82, 2.24) is 0 Å². The van der Waals surface area contributed by atoms with Crippen LogP contribution in [0.4, 0.5) is 17.1 Å². The van der Waals surface area contributed by atoms with Crippen molar-refractivity contribution in [1.29, 1.82) is 0 Å². The first-order valence-corrected chi connectivity index (χ1v) is 20.6. The van der Waals surface area contributed by atoms with Gasteiger partial charge < -0.3 is 9.64 Å². The van der Waals surface area contributed by atoms with Crippen LogP contribution in [0.15, 0.2) is 103 Å². The number of anilines is 3. The lowest BCUT2D eigenvalue weighted by Crippen LogP contribution is -2.57. The highest BCUT2D eigenvalue weighted by Gasteiger charge is 2.61. The van der Waals surface area contributed by atoms with Gasteiger partial charge in [-0.2, -0.15) is 0 Å². The standard InChI is InChI=1S/C51H53NO/c1-48(2)21-22-49(3,4)44-29-36(16-19-42(44)48)52(35-15-18-41-39(28-35)38-11-7-8-12-40(38)50(41,5)6)37-17-20-47-45(30-37)51(43-13-9-10-14-46(43)53-47)33-24-31-23-32(26-33)27-34(51)25-31/h7-20,28-34H,21-27H2,1-6H3. The van der Waals surface area contributed by atoms with Crippen LogP contribution in [0.25, 0.3) is 11.1 Å². The summed E-state index contributed by atoms with van der Waals surface area (Å²) < 4.78 is 6.88. The van der Waals surface area contributed by atoms with Gasteiger partial charge in [-0.3, -0.25) is 0 Å². The lowest BCUT2D eigenvalue weighted by Gasteiger charge is -2.63. The van der Waals surface area contributed by atoms with E-state index in [4.69, 9.17) is 4.74 Å². The van der Waals surface area contributed by atoms with Crippen molar-refractivity contribution in [2.75, 3.05) is 4.90 Å². The highest BCUT2D eigenvalue weighted by Crippen LogP contribution is 2.69. The van der Waals surface area contributed by atoms with Gasteiger partial charge in [-0.1, -0.05) is 96.1 Å². The smallest absolute Gasteiger partial charge is 0.131 e. The number of para-hydroxylation sites is 1. The fourth-order valence-corrected chi connectivity index (χ4v) is 13.0. The van der Waals surface area contributed by atoms with Crippen LogP contribution in [0.3, 0.4) is 0 Å². The molecule has 0 radical (unpaired) electrons. The fourth-order valence-electron chi connectivity index (χ4n) is 13.0. The second-order valence-corrected chi connectivity index (χ2v) is 19.7. The summed E-state index contributed by atoms with van der Waals surface area (Å²) in [6.07, 6.45) is 9.27. The van der Waals surface area contributed by atoms with E-state index in [0.717, 1.165) is 23.3 Å². The number of ether oxygens (including phenoxy) is 1. The minimum absolute atomic E-state index is 0.00203. The Hall–Kier alpha value is -4.30. The third-order valence-corrected chi connectivity index (χ3v) is 15.6. The van der Waals surface area contributed by atoms with Crippen LogP contribution in [-0.4, -0.2) is 0 Å². The largest absolute Gasteiger partial charge is 0.457 e. The normalized spacial score (nSPS) is 28.3. The van der Waals surface area contributed by atoms with E-state index in [0.29, 0.717) is 11.8 Å². The van der Waals surface area contributed by atoms with Gasteiger partial charge in [-0.05, 0) is 161 Å². The molecule has 7 aliphatic rings. The summed E-state index contributed by atoms with van der Waals surface area (Å²) in [5.74, 6) is 5.26. The van der Waals surface area contributed by atoms with E-state index in [2.05, 4.69) is 150 Å². The minimum atomic E-state index is -0.0287. The van der Waals surface area contributed by atoms with Gasteiger partial charge in [0, 0.05) is 39.0 Å². The number of hydrogen-bond donors (Lipinski definition) is 0. The Labute approximate surface area is 316 Å². The van der Waals surface area contributed by atoms with Crippen molar-refractivity contribution >= 4 is 17.1 Å². The van der Waals surface area contributed by atoms with Gasteiger partial charge in [0.1, 0.15) is 11.5 Å². The molecule has 2 heteroatoms. The van der Waals surface area contributed by atoms with Crippen molar-refractivity contribution in [3.63, 3.8) is 0 Å². The molecule has 12 rings (SSSR count). The number of hydrogen-bond acceptors (Lipinski definition) is 2. The van der Waals surface area contributed by atoms with Crippen LogP contribution in [0.2, 0.25) is 0 Å². The number of benzene rings is 5. The quantitative estimate of drug-likeness (QED) is 0.186. The summed E-state index contributed by atoms with van der Waals surface area (Å²) in [5, 5.41) is 0. The summed E-state index contributed by atoms with van der Waals surface area (Å²) in [5.41, 5.74) is 15.4. The highest BCUT2D eigenvalue weighted by atomic mass is 16.5. The molecule has 0 saturated heterocycles. The molecule has 0 atom stereocenters. The van der Waals surface area contributed by atoms with E-state index in [9.17, 15) is 0 Å². The van der Waals surface area contributed by atoms with E-state index < -0.39 is 0 Å². The van der Waals surface area contributed by atoms with Gasteiger partial charge in [-0.25, -0.2) is 0 Å². The molecular weight excluding hydrogens is 643 g/mol. The molecule has 2 nitrogen and oxygen atoms in total. The molecule has 4 fully saturated rings. The molecule has 0 aromatic heterocycles. The second kappa shape index (κ2) is 10.7. The lowest BCUT2D eigenvalue weighted by molar-refractivity contribution is -0.0452. The molecule has 268 valence electrons. The van der Waals surface area contributed by atoms with Crippen molar-refractivity contribution in [2.45, 2.75) is 108 Å². The molecule has 5 aromatic carbocycles. The van der Waals surface area contributed by atoms with Gasteiger partial charge in [0.25, 0.3) is 0 Å². The summed E-state index contributed by atoms with van der Waals surface area (Å²) in [6, 6.07) is 40.1.